The van der Waals surface area contributed by atoms with Crippen molar-refractivity contribution in [3.8, 4) is 11.1 Å². The lowest BCUT2D eigenvalue weighted by molar-refractivity contribution is 0.0664. The molecule has 34 heavy (non-hydrogen) atoms. The number of anilines is 1. The van der Waals surface area contributed by atoms with Gasteiger partial charge in [-0.05, 0) is 30.8 Å². The summed E-state index contributed by atoms with van der Waals surface area (Å²) in [5.41, 5.74) is 3.23. The Labute approximate surface area is 199 Å². The minimum absolute atomic E-state index is 0.0181. The molecule has 8 nitrogen and oxygen atoms in total. The maximum Gasteiger partial charge on any atom is 0.268 e. The zero-order chi connectivity index (χ0) is 23.7. The number of nitrogens with one attached hydrogen (secondary N) is 2. The molecule has 3 heterocycles. The van der Waals surface area contributed by atoms with Crippen molar-refractivity contribution in [2.75, 3.05) is 38.5 Å². The standard InChI is InChI=1S/C25H23N5O3S/c1-29-9-11-30(12-10-29)25(33)17-7-8-20(18(13-17)16-5-3-2-4-6-16)28-23(31)19-14-34-22-21(19)26-15-27-24(22)32/h2-8,13-15H,9-12H2,1H3,(H,28,31)(H,26,27,32). The number of aromatic amines is 1. The van der Waals surface area contributed by atoms with Gasteiger partial charge in [0.25, 0.3) is 17.4 Å². The van der Waals surface area contributed by atoms with E-state index in [0.717, 1.165) is 24.2 Å². The zero-order valence-electron chi connectivity index (χ0n) is 18.6. The van der Waals surface area contributed by atoms with Gasteiger partial charge in [0.2, 0.25) is 0 Å². The van der Waals surface area contributed by atoms with Gasteiger partial charge in [-0.25, -0.2) is 4.98 Å². The number of hydrogen-bond donors (Lipinski definition) is 2. The molecule has 1 aliphatic rings. The molecular formula is C25H23N5O3S. The summed E-state index contributed by atoms with van der Waals surface area (Å²) in [6.07, 6.45) is 1.29. The normalized spacial score (nSPS) is 14.3. The highest BCUT2D eigenvalue weighted by Crippen LogP contribution is 2.31. The topological polar surface area (TPSA) is 98.4 Å². The van der Waals surface area contributed by atoms with Gasteiger partial charge in [-0.2, -0.15) is 0 Å². The number of benzene rings is 2. The van der Waals surface area contributed by atoms with Gasteiger partial charge in [0, 0.05) is 48.4 Å². The van der Waals surface area contributed by atoms with Gasteiger partial charge in [-0.15, -0.1) is 11.3 Å². The summed E-state index contributed by atoms with van der Waals surface area (Å²) in [6, 6.07) is 15.0. The van der Waals surface area contributed by atoms with E-state index in [9.17, 15) is 14.4 Å². The van der Waals surface area contributed by atoms with E-state index in [1.54, 1.807) is 17.5 Å². The Hall–Kier alpha value is -3.82. The number of piperazine rings is 1. The van der Waals surface area contributed by atoms with Crippen LogP contribution in [0.1, 0.15) is 20.7 Å². The van der Waals surface area contributed by atoms with Crippen molar-refractivity contribution in [2.24, 2.45) is 0 Å². The molecule has 5 rings (SSSR count). The minimum Gasteiger partial charge on any atom is -0.336 e. The molecule has 1 saturated heterocycles. The Balaban J connectivity index is 1.49. The molecule has 0 radical (unpaired) electrons. The summed E-state index contributed by atoms with van der Waals surface area (Å²) in [4.78, 5) is 49.1. The molecule has 2 aromatic carbocycles. The number of aromatic nitrogens is 2. The van der Waals surface area contributed by atoms with E-state index in [0.29, 0.717) is 40.1 Å². The summed E-state index contributed by atoms with van der Waals surface area (Å²) in [5.74, 6) is -0.380. The number of fused-ring (bicyclic) bond motifs is 1. The lowest BCUT2D eigenvalue weighted by Gasteiger charge is -2.32. The third-order valence-corrected chi connectivity index (χ3v) is 6.96. The van der Waals surface area contributed by atoms with Gasteiger partial charge in [0.1, 0.15) is 10.2 Å². The molecule has 0 spiro atoms. The van der Waals surface area contributed by atoms with E-state index < -0.39 is 0 Å². The van der Waals surface area contributed by atoms with Crippen LogP contribution in [-0.4, -0.2) is 64.8 Å². The van der Waals surface area contributed by atoms with Crippen LogP contribution >= 0.6 is 11.3 Å². The minimum atomic E-state index is -0.361. The Kier molecular flexibility index (Phi) is 5.95. The highest BCUT2D eigenvalue weighted by molar-refractivity contribution is 7.17. The first kappa shape index (κ1) is 22.0. The number of hydrogen-bond acceptors (Lipinski definition) is 6. The van der Waals surface area contributed by atoms with Crippen LogP contribution in [0, 0.1) is 0 Å². The van der Waals surface area contributed by atoms with Gasteiger partial charge < -0.3 is 20.1 Å². The molecular weight excluding hydrogens is 450 g/mol. The van der Waals surface area contributed by atoms with Gasteiger partial charge in [0.15, 0.2) is 0 Å². The first-order valence-corrected chi connectivity index (χ1v) is 11.8. The van der Waals surface area contributed by atoms with E-state index in [4.69, 9.17) is 0 Å². The van der Waals surface area contributed by atoms with E-state index in [1.807, 2.05) is 41.3 Å². The van der Waals surface area contributed by atoms with Crippen LogP contribution in [0.25, 0.3) is 21.3 Å². The van der Waals surface area contributed by atoms with Crippen LogP contribution in [-0.2, 0) is 0 Å². The molecule has 0 atom stereocenters. The lowest BCUT2D eigenvalue weighted by atomic mass is 10.00. The fraction of sp³-hybridized carbons (Fsp3) is 0.200. The first-order valence-electron chi connectivity index (χ1n) is 10.9. The molecule has 172 valence electrons. The summed E-state index contributed by atoms with van der Waals surface area (Å²) < 4.78 is 0.407. The Morgan fingerprint density at radius 3 is 2.59 bits per heavy atom. The molecule has 0 saturated carbocycles. The number of thiophene rings is 1. The van der Waals surface area contributed by atoms with Crippen LogP contribution in [0.2, 0.25) is 0 Å². The molecule has 2 N–H and O–H groups in total. The van der Waals surface area contributed by atoms with Crippen molar-refractivity contribution in [1.29, 1.82) is 0 Å². The third-order valence-electron chi connectivity index (χ3n) is 5.99. The SMILES string of the molecule is CN1CCN(C(=O)c2ccc(NC(=O)c3csc4c(=O)[nH]cnc34)c(-c3ccccc3)c2)CC1. The van der Waals surface area contributed by atoms with Crippen LogP contribution in [0.5, 0.6) is 0 Å². The second-order valence-electron chi connectivity index (χ2n) is 8.23. The van der Waals surface area contributed by atoms with E-state index in [-0.39, 0.29) is 17.4 Å². The molecule has 1 aliphatic heterocycles. The number of carbonyl (C=O) groups is 2. The van der Waals surface area contributed by atoms with Crippen molar-refractivity contribution >= 4 is 39.1 Å². The molecule has 2 amide bonds. The average molecular weight is 474 g/mol. The number of rotatable bonds is 4. The quantitative estimate of drug-likeness (QED) is 0.474. The molecule has 0 unspecified atom stereocenters. The van der Waals surface area contributed by atoms with Gasteiger partial charge in [0.05, 0.1) is 11.9 Å². The van der Waals surface area contributed by atoms with Crippen LogP contribution in [0.3, 0.4) is 0 Å². The van der Waals surface area contributed by atoms with E-state index >= 15 is 0 Å². The number of likely N-dealkylation sites (N-methyl/N-ethyl adjacent to an activating group) is 1. The molecule has 9 heteroatoms. The Morgan fingerprint density at radius 1 is 1.06 bits per heavy atom. The second kappa shape index (κ2) is 9.20. The molecule has 2 aromatic heterocycles. The largest absolute Gasteiger partial charge is 0.336 e. The molecule has 4 aromatic rings. The maximum absolute atomic E-state index is 13.2. The number of nitrogens with zero attached hydrogens (tertiary/aromatic N) is 3. The van der Waals surface area contributed by atoms with Gasteiger partial charge in [-0.1, -0.05) is 30.3 Å². The Bertz CT molecular complexity index is 1420. The molecule has 0 aliphatic carbocycles. The third kappa shape index (κ3) is 4.23. The molecule has 0 bridgehead atoms. The van der Waals surface area contributed by atoms with Gasteiger partial charge in [-0.3, -0.25) is 14.4 Å². The highest BCUT2D eigenvalue weighted by Gasteiger charge is 2.22. The average Bonchev–Trinajstić information content (AvgIpc) is 3.31. The smallest absolute Gasteiger partial charge is 0.268 e. The van der Waals surface area contributed by atoms with Crippen molar-refractivity contribution in [2.45, 2.75) is 0 Å². The first-order chi connectivity index (χ1) is 16.5. The fourth-order valence-corrected chi connectivity index (χ4v) is 4.94. The summed E-state index contributed by atoms with van der Waals surface area (Å²) in [6.45, 7) is 3.06. The predicted octanol–water partition coefficient (Wildman–Crippen LogP) is 3.29. The zero-order valence-corrected chi connectivity index (χ0v) is 19.4. The van der Waals surface area contributed by atoms with Crippen LogP contribution in [0.15, 0.2) is 65.0 Å². The summed E-state index contributed by atoms with van der Waals surface area (Å²) in [7, 11) is 2.05. The van der Waals surface area contributed by atoms with Gasteiger partial charge >= 0.3 is 0 Å². The number of amides is 2. The van der Waals surface area contributed by atoms with Crippen molar-refractivity contribution < 1.29 is 9.59 Å². The van der Waals surface area contributed by atoms with E-state index in [1.165, 1.54) is 17.7 Å². The predicted molar refractivity (Wildman–Crippen MR) is 133 cm³/mol. The summed E-state index contributed by atoms with van der Waals surface area (Å²) in [5, 5.41) is 4.59. The van der Waals surface area contributed by atoms with E-state index in [2.05, 4.69) is 27.2 Å². The number of carbonyl (C=O) groups excluding carboxylic acids is 2. The lowest BCUT2D eigenvalue weighted by Crippen LogP contribution is -2.47. The highest BCUT2D eigenvalue weighted by atomic mass is 32.1. The molecule has 1 fully saturated rings. The summed E-state index contributed by atoms with van der Waals surface area (Å²) >= 11 is 1.18. The van der Waals surface area contributed by atoms with Crippen molar-refractivity contribution in [3.05, 3.63) is 81.7 Å². The maximum atomic E-state index is 13.2. The van der Waals surface area contributed by atoms with Crippen molar-refractivity contribution in [3.63, 3.8) is 0 Å². The number of H-pyrrole nitrogens is 1. The van der Waals surface area contributed by atoms with Crippen molar-refractivity contribution in [1.82, 2.24) is 19.8 Å². The Morgan fingerprint density at radius 2 is 1.82 bits per heavy atom. The van der Waals surface area contributed by atoms with Crippen LogP contribution < -0.4 is 10.9 Å². The second-order valence-corrected chi connectivity index (χ2v) is 9.11. The fourth-order valence-electron chi connectivity index (χ4n) is 4.05. The van der Waals surface area contributed by atoms with Crippen LogP contribution in [0.4, 0.5) is 5.69 Å². The monoisotopic (exact) mass is 473 g/mol.